The van der Waals surface area contributed by atoms with Crippen LogP contribution in [0.1, 0.15) is 24.4 Å². The number of nitrogens with two attached hydrogens (primary N) is 1. The van der Waals surface area contributed by atoms with Gasteiger partial charge < -0.3 is 30.5 Å². The third-order valence-electron chi connectivity index (χ3n) is 7.33. The first kappa shape index (κ1) is 30.5. The van der Waals surface area contributed by atoms with Crippen LogP contribution in [0.4, 0.5) is 5.82 Å². The van der Waals surface area contributed by atoms with Crippen LogP contribution in [0.2, 0.25) is 5.28 Å². The molecule has 3 heterocycles. The Balaban J connectivity index is 1.43. The van der Waals surface area contributed by atoms with Gasteiger partial charge in [-0.3, -0.25) is 4.57 Å². The summed E-state index contributed by atoms with van der Waals surface area (Å²) in [4.78, 5) is 29.2. The van der Waals surface area contributed by atoms with Crippen LogP contribution in [0.25, 0.3) is 22.3 Å². The van der Waals surface area contributed by atoms with Crippen LogP contribution in [-0.2, 0) is 26.3 Å². The van der Waals surface area contributed by atoms with Gasteiger partial charge in [-0.25, -0.2) is 14.8 Å². The Labute approximate surface area is 255 Å². The molecule has 0 bridgehead atoms. The van der Waals surface area contributed by atoms with Crippen molar-refractivity contribution in [1.82, 2.24) is 24.5 Å². The first-order chi connectivity index (χ1) is 20.6. The molecule has 0 radical (unpaired) electrons. The molecule has 5 N–H and O–H groups in total. The molecule has 5 aromatic rings. The maximum atomic E-state index is 12.9. The summed E-state index contributed by atoms with van der Waals surface area (Å²) in [5.74, 6) is -1.28. The first-order valence-corrected chi connectivity index (χ1v) is 14.4. The second-order valence-corrected chi connectivity index (χ2v) is 11.1. The number of aliphatic hydroxyl groups excluding tert-OH is 1. The zero-order valence-corrected chi connectivity index (χ0v) is 24.7. The van der Waals surface area contributed by atoms with Gasteiger partial charge in [0.05, 0.1) is 24.1 Å². The number of imidazole rings is 1. The zero-order valence-electron chi connectivity index (χ0n) is 23.2. The van der Waals surface area contributed by atoms with Gasteiger partial charge in [0.2, 0.25) is 10.9 Å². The van der Waals surface area contributed by atoms with Gasteiger partial charge in [0.1, 0.15) is 17.2 Å². The van der Waals surface area contributed by atoms with Crippen molar-refractivity contribution in [1.29, 1.82) is 0 Å². The van der Waals surface area contributed by atoms with Gasteiger partial charge in [0.25, 0.3) is 0 Å². The number of nitrogens with zero attached hydrogens (tertiary/aromatic N) is 5. The van der Waals surface area contributed by atoms with Gasteiger partial charge >= 0.3 is 5.97 Å². The van der Waals surface area contributed by atoms with Crippen molar-refractivity contribution in [3.63, 3.8) is 0 Å². The molecule has 2 aromatic carbocycles. The number of benzene rings is 2. The highest BCUT2D eigenvalue weighted by atomic mass is 35.5. The monoisotopic (exact) mass is 624 g/mol. The number of nitrogen functional groups attached to an aromatic ring is 1. The van der Waals surface area contributed by atoms with Gasteiger partial charge in [0, 0.05) is 18.9 Å². The number of aromatic nitrogens is 5. The lowest BCUT2D eigenvalue weighted by Crippen LogP contribution is -2.52. The van der Waals surface area contributed by atoms with Crippen molar-refractivity contribution in [3.05, 3.63) is 88.4 Å². The molecule has 14 heteroatoms. The van der Waals surface area contributed by atoms with Crippen molar-refractivity contribution >= 4 is 45.9 Å². The number of aliphatic carboxylic acids is 1. The summed E-state index contributed by atoms with van der Waals surface area (Å²) in [6, 6.07) is 17.3. The number of carboxylic acid groups (broad SMARTS) is 1. The number of carboxylic acids is 1. The Bertz CT molecular complexity index is 1700. The van der Waals surface area contributed by atoms with Gasteiger partial charge in [-0.1, -0.05) is 54.6 Å². The molecule has 0 aliphatic carbocycles. The van der Waals surface area contributed by atoms with Crippen LogP contribution in [-0.4, -0.2) is 71.2 Å². The number of rotatable bonds is 12. The van der Waals surface area contributed by atoms with Gasteiger partial charge in [-0.05, 0) is 35.2 Å². The second kappa shape index (κ2) is 12.3. The molecule has 0 spiro atoms. The van der Waals surface area contributed by atoms with E-state index in [1.165, 1.54) is 41.8 Å². The van der Waals surface area contributed by atoms with Crippen LogP contribution in [0.3, 0.4) is 0 Å². The van der Waals surface area contributed by atoms with Crippen LogP contribution < -0.4 is 5.73 Å². The zero-order chi connectivity index (χ0) is 30.8. The van der Waals surface area contributed by atoms with E-state index in [1.807, 2.05) is 54.6 Å². The van der Waals surface area contributed by atoms with E-state index >= 15 is 0 Å². The maximum Gasteiger partial charge on any atom is 0.342 e. The molecule has 0 fully saturated rings. The molecule has 3 aromatic heterocycles. The molecule has 0 amide bonds. The number of aliphatic hydroxyl groups is 2. The number of methoxy groups -OCH3 is 1. The molecule has 4 atom stereocenters. The molecule has 12 nitrogen and oxygen atoms in total. The van der Waals surface area contributed by atoms with E-state index in [-0.39, 0.29) is 34.4 Å². The minimum Gasteiger partial charge on any atom is -0.479 e. The van der Waals surface area contributed by atoms with Crippen LogP contribution in [0.5, 0.6) is 0 Å². The molecule has 0 aliphatic rings. The number of fused-ring (bicyclic) bond motifs is 1. The van der Waals surface area contributed by atoms with E-state index in [0.717, 1.165) is 11.1 Å². The van der Waals surface area contributed by atoms with Crippen molar-refractivity contribution in [3.8, 4) is 11.1 Å². The summed E-state index contributed by atoms with van der Waals surface area (Å²) in [5.41, 5.74) is 6.57. The number of hydrogen-bond donors (Lipinski definition) is 4. The predicted octanol–water partition coefficient (Wildman–Crippen LogP) is 3.68. The van der Waals surface area contributed by atoms with E-state index < -0.39 is 36.1 Å². The van der Waals surface area contributed by atoms with Crippen molar-refractivity contribution in [2.24, 2.45) is 0 Å². The molecular weight excluding hydrogens is 596 g/mol. The van der Waals surface area contributed by atoms with Crippen molar-refractivity contribution in [2.75, 3.05) is 19.5 Å². The van der Waals surface area contributed by atoms with Crippen LogP contribution >= 0.6 is 22.9 Å². The summed E-state index contributed by atoms with van der Waals surface area (Å²) in [6.45, 7) is 0.887. The molecule has 0 saturated carbocycles. The van der Waals surface area contributed by atoms with Gasteiger partial charge in [-0.2, -0.15) is 9.97 Å². The quantitative estimate of drug-likeness (QED) is 0.149. The van der Waals surface area contributed by atoms with E-state index in [1.54, 1.807) is 5.38 Å². The highest BCUT2D eigenvalue weighted by Gasteiger charge is 2.48. The van der Waals surface area contributed by atoms with Gasteiger partial charge in [0.15, 0.2) is 17.7 Å². The normalized spacial score (nSPS) is 15.9. The van der Waals surface area contributed by atoms with E-state index in [0.29, 0.717) is 5.56 Å². The van der Waals surface area contributed by atoms with E-state index in [2.05, 4.69) is 19.9 Å². The first-order valence-electron chi connectivity index (χ1n) is 13.1. The second-order valence-electron chi connectivity index (χ2n) is 10.1. The Morgan fingerprint density at radius 2 is 1.81 bits per heavy atom. The number of halogens is 1. The number of carbonyl (C=O) groups is 1. The standard InChI is InChI=1S/C29H29ClN6O6S/c1-28(40,25(37)36-15-32-22-23(31)34-27(30)35-24(22)36)21(41-2)13-42-29(26(38)39,20-14-43-16-33-20)12-17-8-10-19(11-9-17)18-6-4-3-5-7-18/h3-11,14-16,21,25,37,40H,12-13H2,1-2H3,(H,38,39)(H2,31,34,35)/t21-,25-,28-,29+/m1/s1. The van der Waals surface area contributed by atoms with E-state index in [9.17, 15) is 20.1 Å². The summed E-state index contributed by atoms with van der Waals surface area (Å²) in [5, 5.41) is 34.8. The molecule has 43 heavy (non-hydrogen) atoms. The third kappa shape index (κ3) is 5.95. The average Bonchev–Trinajstić information content (AvgIpc) is 3.68. The molecule has 0 saturated heterocycles. The van der Waals surface area contributed by atoms with E-state index in [4.69, 9.17) is 26.8 Å². The number of ether oxygens (including phenoxy) is 2. The van der Waals surface area contributed by atoms with Crippen molar-refractivity contribution < 1.29 is 29.6 Å². The number of thiazole rings is 1. The van der Waals surface area contributed by atoms with Crippen LogP contribution in [0, 0.1) is 0 Å². The Morgan fingerprint density at radius 3 is 2.44 bits per heavy atom. The fourth-order valence-electron chi connectivity index (χ4n) is 4.84. The summed E-state index contributed by atoms with van der Waals surface area (Å²) in [7, 11) is 1.31. The van der Waals surface area contributed by atoms with Crippen LogP contribution in [0.15, 0.2) is 71.8 Å². The lowest BCUT2D eigenvalue weighted by Gasteiger charge is -2.38. The summed E-state index contributed by atoms with van der Waals surface area (Å²) in [6.07, 6.45) is -1.74. The summed E-state index contributed by atoms with van der Waals surface area (Å²) < 4.78 is 12.9. The molecule has 5 rings (SSSR count). The predicted molar refractivity (Wildman–Crippen MR) is 160 cm³/mol. The SMILES string of the molecule is CO[C@H](CO[C@](Cc1ccc(-c2ccccc2)cc1)(C(=O)O)c1cscn1)[C@@](C)(O)[C@@H](O)n1cnc2c(N)nc(Cl)nc21. The lowest BCUT2D eigenvalue weighted by molar-refractivity contribution is -0.208. The minimum atomic E-state index is -2.04. The average molecular weight is 625 g/mol. The topological polar surface area (TPSA) is 179 Å². The third-order valence-corrected chi connectivity index (χ3v) is 8.09. The van der Waals surface area contributed by atoms with Crippen molar-refractivity contribution in [2.45, 2.75) is 36.9 Å². The van der Waals surface area contributed by atoms with Gasteiger partial charge in [-0.15, -0.1) is 11.3 Å². The number of hydrogen-bond acceptors (Lipinski definition) is 11. The minimum absolute atomic E-state index is 0.00137. The Morgan fingerprint density at radius 1 is 1.12 bits per heavy atom. The molecular formula is C29H29ClN6O6S. The fourth-order valence-corrected chi connectivity index (χ4v) is 5.62. The number of anilines is 1. The maximum absolute atomic E-state index is 12.9. The lowest BCUT2D eigenvalue weighted by atomic mass is 9.90. The highest BCUT2D eigenvalue weighted by Crippen LogP contribution is 2.35. The largest absolute Gasteiger partial charge is 0.479 e. The highest BCUT2D eigenvalue weighted by molar-refractivity contribution is 7.07. The fraction of sp³-hybridized carbons (Fsp3) is 0.276. The summed E-state index contributed by atoms with van der Waals surface area (Å²) >= 11 is 7.18. The Hall–Kier alpha value is -3.98. The molecule has 0 aliphatic heterocycles. The Kier molecular flexibility index (Phi) is 8.74. The molecule has 224 valence electrons. The smallest absolute Gasteiger partial charge is 0.342 e. The molecule has 0 unspecified atom stereocenters.